The van der Waals surface area contributed by atoms with Gasteiger partial charge in [0.25, 0.3) is 0 Å². The van der Waals surface area contributed by atoms with Gasteiger partial charge in [-0.3, -0.25) is 0 Å². The summed E-state index contributed by atoms with van der Waals surface area (Å²) < 4.78 is 11.2. The summed E-state index contributed by atoms with van der Waals surface area (Å²) in [6.45, 7) is 2.58. The SMILES string of the molecule is COCC1(C)CC(Br)c2cc(C#N)ccc2O1. The fraction of sp³-hybridized carbons (Fsp3) is 0.462. The van der Waals surface area contributed by atoms with Gasteiger partial charge < -0.3 is 9.47 Å². The molecular weight excluding hydrogens is 282 g/mol. The molecule has 0 bridgehead atoms. The number of methoxy groups -OCH3 is 1. The summed E-state index contributed by atoms with van der Waals surface area (Å²) in [6, 6.07) is 7.65. The quantitative estimate of drug-likeness (QED) is 0.787. The number of nitrogens with zero attached hydrogens (tertiary/aromatic N) is 1. The number of alkyl halides is 1. The zero-order valence-electron chi connectivity index (χ0n) is 9.87. The van der Waals surface area contributed by atoms with Gasteiger partial charge in [-0.05, 0) is 25.1 Å². The molecule has 2 atom stereocenters. The molecule has 1 aromatic rings. The third kappa shape index (κ3) is 2.46. The van der Waals surface area contributed by atoms with Gasteiger partial charge in [0.2, 0.25) is 0 Å². The van der Waals surface area contributed by atoms with E-state index in [4.69, 9.17) is 14.7 Å². The molecule has 1 aliphatic heterocycles. The first-order valence-electron chi connectivity index (χ1n) is 5.44. The first-order chi connectivity index (χ1) is 8.08. The van der Waals surface area contributed by atoms with Gasteiger partial charge in [0.1, 0.15) is 11.4 Å². The van der Waals surface area contributed by atoms with Gasteiger partial charge >= 0.3 is 0 Å². The molecule has 0 amide bonds. The molecule has 2 unspecified atom stereocenters. The van der Waals surface area contributed by atoms with Crippen LogP contribution in [-0.4, -0.2) is 19.3 Å². The van der Waals surface area contributed by atoms with Crippen molar-refractivity contribution >= 4 is 15.9 Å². The van der Waals surface area contributed by atoms with Crippen molar-refractivity contribution in [3.05, 3.63) is 29.3 Å². The lowest BCUT2D eigenvalue weighted by Gasteiger charge is -2.37. The number of nitriles is 1. The average Bonchev–Trinajstić information content (AvgIpc) is 2.28. The topological polar surface area (TPSA) is 42.2 Å². The molecule has 1 aliphatic rings. The Kier molecular flexibility index (Phi) is 3.41. The fourth-order valence-electron chi connectivity index (χ4n) is 2.15. The first kappa shape index (κ1) is 12.4. The van der Waals surface area contributed by atoms with E-state index in [1.807, 2.05) is 19.1 Å². The highest BCUT2D eigenvalue weighted by Crippen LogP contribution is 2.44. The number of benzene rings is 1. The van der Waals surface area contributed by atoms with Gasteiger partial charge in [0, 0.05) is 23.9 Å². The first-order valence-corrected chi connectivity index (χ1v) is 6.35. The molecule has 0 aliphatic carbocycles. The third-order valence-electron chi connectivity index (χ3n) is 2.89. The highest BCUT2D eigenvalue weighted by molar-refractivity contribution is 9.09. The number of halogens is 1. The summed E-state index contributed by atoms with van der Waals surface area (Å²) in [4.78, 5) is 0.194. The van der Waals surface area contributed by atoms with E-state index in [1.54, 1.807) is 13.2 Å². The number of hydrogen-bond acceptors (Lipinski definition) is 3. The maximum absolute atomic E-state index is 8.89. The van der Waals surface area contributed by atoms with E-state index >= 15 is 0 Å². The van der Waals surface area contributed by atoms with Crippen LogP contribution >= 0.6 is 15.9 Å². The Balaban J connectivity index is 2.35. The average molecular weight is 296 g/mol. The van der Waals surface area contributed by atoms with Crippen molar-refractivity contribution in [3.8, 4) is 11.8 Å². The molecule has 4 heteroatoms. The Hall–Kier alpha value is -1.05. The number of ether oxygens (including phenoxy) is 2. The van der Waals surface area contributed by atoms with E-state index in [9.17, 15) is 0 Å². The highest BCUT2D eigenvalue weighted by atomic mass is 79.9. The lowest BCUT2D eigenvalue weighted by atomic mass is 9.92. The monoisotopic (exact) mass is 295 g/mol. The number of hydrogen-bond donors (Lipinski definition) is 0. The van der Waals surface area contributed by atoms with E-state index in [1.165, 1.54) is 0 Å². The molecule has 0 saturated carbocycles. The molecule has 0 aromatic heterocycles. The van der Waals surface area contributed by atoms with E-state index in [-0.39, 0.29) is 10.4 Å². The largest absolute Gasteiger partial charge is 0.485 e. The summed E-state index contributed by atoms with van der Waals surface area (Å²) in [5.74, 6) is 0.830. The molecule has 0 spiro atoms. The standard InChI is InChI=1S/C13H14BrNO2/c1-13(8-16-2)6-11(14)10-5-9(7-15)3-4-12(10)17-13/h3-5,11H,6,8H2,1-2H3. The van der Waals surface area contributed by atoms with Crippen LogP contribution in [0.15, 0.2) is 18.2 Å². The summed E-state index contributed by atoms with van der Waals surface area (Å²) in [7, 11) is 1.67. The summed E-state index contributed by atoms with van der Waals surface area (Å²) in [6.07, 6.45) is 0.822. The predicted octanol–water partition coefficient (Wildman–Crippen LogP) is 3.18. The molecule has 1 heterocycles. The van der Waals surface area contributed by atoms with Crippen molar-refractivity contribution < 1.29 is 9.47 Å². The molecule has 90 valence electrons. The minimum Gasteiger partial charge on any atom is -0.485 e. The minimum atomic E-state index is -0.315. The van der Waals surface area contributed by atoms with E-state index < -0.39 is 0 Å². The molecular formula is C13H14BrNO2. The number of rotatable bonds is 2. The zero-order chi connectivity index (χ0) is 12.5. The smallest absolute Gasteiger partial charge is 0.131 e. The Morgan fingerprint density at radius 2 is 2.41 bits per heavy atom. The summed E-state index contributed by atoms with van der Waals surface area (Å²) in [5.41, 5.74) is 1.38. The molecule has 0 saturated heterocycles. The zero-order valence-corrected chi connectivity index (χ0v) is 11.5. The highest BCUT2D eigenvalue weighted by Gasteiger charge is 2.36. The van der Waals surface area contributed by atoms with Gasteiger partial charge in [-0.2, -0.15) is 5.26 Å². The second-order valence-electron chi connectivity index (χ2n) is 4.52. The molecule has 3 nitrogen and oxygen atoms in total. The Morgan fingerprint density at radius 1 is 1.65 bits per heavy atom. The fourth-order valence-corrected chi connectivity index (χ4v) is 3.19. The van der Waals surface area contributed by atoms with Crippen LogP contribution in [0.3, 0.4) is 0 Å². The molecule has 0 N–H and O–H groups in total. The Morgan fingerprint density at radius 3 is 3.06 bits per heavy atom. The Bertz CT molecular complexity index is 469. The van der Waals surface area contributed by atoms with Gasteiger partial charge in [0.05, 0.1) is 18.2 Å². The number of fused-ring (bicyclic) bond motifs is 1. The lowest BCUT2D eigenvalue weighted by Crippen LogP contribution is -2.41. The van der Waals surface area contributed by atoms with Crippen molar-refractivity contribution in [2.24, 2.45) is 0 Å². The molecule has 17 heavy (non-hydrogen) atoms. The van der Waals surface area contributed by atoms with E-state index in [0.29, 0.717) is 12.2 Å². The normalized spacial score (nSPS) is 26.8. The third-order valence-corrected chi connectivity index (χ3v) is 3.71. The minimum absolute atomic E-state index is 0.194. The van der Waals surface area contributed by atoms with Crippen LogP contribution in [0.4, 0.5) is 0 Å². The van der Waals surface area contributed by atoms with Crippen molar-refractivity contribution in [1.82, 2.24) is 0 Å². The van der Waals surface area contributed by atoms with E-state index in [0.717, 1.165) is 17.7 Å². The van der Waals surface area contributed by atoms with Gasteiger partial charge in [-0.15, -0.1) is 0 Å². The molecule has 2 rings (SSSR count). The maximum atomic E-state index is 8.89. The summed E-state index contributed by atoms with van der Waals surface area (Å²) >= 11 is 3.65. The molecule has 0 radical (unpaired) electrons. The predicted molar refractivity (Wildman–Crippen MR) is 68.4 cm³/mol. The van der Waals surface area contributed by atoms with Gasteiger partial charge in [-0.1, -0.05) is 15.9 Å². The van der Waals surface area contributed by atoms with Gasteiger partial charge in [-0.25, -0.2) is 0 Å². The maximum Gasteiger partial charge on any atom is 0.131 e. The van der Waals surface area contributed by atoms with Crippen molar-refractivity contribution in [3.63, 3.8) is 0 Å². The molecule has 0 fully saturated rings. The second-order valence-corrected chi connectivity index (χ2v) is 5.63. The van der Waals surface area contributed by atoms with Crippen molar-refractivity contribution in [2.75, 3.05) is 13.7 Å². The van der Waals surface area contributed by atoms with Crippen LogP contribution < -0.4 is 4.74 Å². The Labute approximate surface area is 109 Å². The van der Waals surface area contributed by atoms with Crippen LogP contribution in [0.1, 0.15) is 29.3 Å². The van der Waals surface area contributed by atoms with Crippen LogP contribution in [0, 0.1) is 11.3 Å². The summed E-state index contributed by atoms with van der Waals surface area (Å²) in [5, 5.41) is 8.89. The van der Waals surface area contributed by atoms with E-state index in [2.05, 4.69) is 22.0 Å². The van der Waals surface area contributed by atoms with Crippen molar-refractivity contribution in [2.45, 2.75) is 23.8 Å². The van der Waals surface area contributed by atoms with Gasteiger partial charge in [0.15, 0.2) is 0 Å². The van der Waals surface area contributed by atoms with Crippen molar-refractivity contribution in [1.29, 1.82) is 5.26 Å². The van der Waals surface area contributed by atoms with Crippen LogP contribution in [0.25, 0.3) is 0 Å². The second kappa shape index (κ2) is 4.67. The molecule has 1 aromatic carbocycles. The van der Waals surface area contributed by atoms with Crippen LogP contribution in [-0.2, 0) is 4.74 Å². The lowest BCUT2D eigenvalue weighted by molar-refractivity contribution is -0.0107. The van der Waals surface area contributed by atoms with Crippen LogP contribution in [0.5, 0.6) is 5.75 Å². The van der Waals surface area contributed by atoms with Crippen LogP contribution in [0.2, 0.25) is 0 Å².